The lowest BCUT2D eigenvalue weighted by Gasteiger charge is -2.62. The number of hydrogen-bond donors (Lipinski definition) is 3. The van der Waals surface area contributed by atoms with Crippen LogP contribution in [0.3, 0.4) is 0 Å². The molecular formula is C24H34O5. The van der Waals surface area contributed by atoms with Crippen LogP contribution < -0.4 is 5.63 Å². The number of aliphatic hydroxyl groups is 3. The monoisotopic (exact) mass is 402 g/mol. The summed E-state index contributed by atoms with van der Waals surface area (Å²) in [4.78, 5) is 11.4. The van der Waals surface area contributed by atoms with Crippen molar-refractivity contribution in [3.05, 3.63) is 34.4 Å². The van der Waals surface area contributed by atoms with Crippen LogP contribution in [0.5, 0.6) is 0 Å². The topological polar surface area (TPSA) is 90.9 Å². The highest BCUT2D eigenvalue weighted by Crippen LogP contribution is 2.68. The first kappa shape index (κ1) is 19.8. The SMILES string of the molecule is C[C@]12CC[C@H](O)C[C@@H]1CC[C@@H]1[C@@H]2[C@H](O)C[C@@]2(C)[C@H]1[C@H](O)C[C@@H]2c1ccc(=O)oc1. The third-order valence-corrected chi connectivity index (χ3v) is 9.68. The van der Waals surface area contributed by atoms with E-state index in [0.717, 1.165) is 37.7 Å². The fraction of sp³-hybridized carbons (Fsp3) is 0.792. The predicted molar refractivity (Wildman–Crippen MR) is 108 cm³/mol. The Balaban J connectivity index is 1.51. The molecule has 5 nitrogen and oxygen atoms in total. The highest BCUT2D eigenvalue weighted by molar-refractivity contribution is 5.25. The van der Waals surface area contributed by atoms with Crippen molar-refractivity contribution in [1.29, 1.82) is 0 Å². The summed E-state index contributed by atoms with van der Waals surface area (Å²) < 4.78 is 5.14. The number of fused-ring (bicyclic) bond motifs is 5. The van der Waals surface area contributed by atoms with Gasteiger partial charge in [-0.3, -0.25) is 0 Å². The zero-order chi connectivity index (χ0) is 20.6. The second-order valence-electron chi connectivity index (χ2n) is 10.9. The van der Waals surface area contributed by atoms with Gasteiger partial charge in [0.05, 0.1) is 24.6 Å². The normalized spacial score (nSPS) is 51.8. The summed E-state index contributed by atoms with van der Waals surface area (Å²) in [5.41, 5.74) is 0.431. The van der Waals surface area contributed by atoms with Gasteiger partial charge in [0.25, 0.3) is 0 Å². The summed E-state index contributed by atoms with van der Waals surface area (Å²) in [5, 5.41) is 32.9. The Hall–Kier alpha value is -1.17. The van der Waals surface area contributed by atoms with Gasteiger partial charge < -0.3 is 19.7 Å². The zero-order valence-corrected chi connectivity index (χ0v) is 17.5. The van der Waals surface area contributed by atoms with E-state index in [0.29, 0.717) is 24.7 Å². The van der Waals surface area contributed by atoms with Gasteiger partial charge in [-0.1, -0.05) is 13.8 Å². The minimum Gasteiger partial charge on any atom is -0.431 e. The molecule has 0 bridgehead atoms. The number of aliphatic hydroxyl groups excluding tert-OH is 3. The van der Waals surface area contributed by atoms with E-state index in [1.807, 2.05) is 6.07 Å². The first-order chi connectivity index (χ1) is 13.7. The molecule has 4 fully saturated rings. The van der Waals surface area contributed by atoms with Gasteiger partial charge in [-0.25, -0.2) is 4.79 Å². The minimum atomic E-state index is -0.397. The van der Waals surface area contributed by atoms with Crippen LogP contribution in [0.25, 0.3) is 0 Å². The van der Waals surface area contributed by atoms with Crippen molar-refractivity contribution in [2.75, 3.05) is 0 Å². The number of rotatable bonds is 1. The lowest BCUT2D eigenvalue weighted by Crippen LogP contribution is -2.60. The molecule has 0 aliphatic heterocycles. The zero-order valence-electron chi connectivity index (χ0n) is 17.5. The summed E-state index contributed by atoms with van der Waals surface area (Å²) in [6, 6.07) is 3.29. The highest BCUT2D eigenvalue weighted by atomic mass is 16.4. The highest BCUT2D eigenvalue weighted by Gasteiger charge is 2.65. The van der Waals surface area contributed by atoms with Gasteiger partial charge in [-0.15, -0.1) is 0 Å². The molecule has 0 unspecified atom stereocenters. The van der Waals surface area contributed by atoms with E-state index in [4.69, 9.17) is 4.42 Å². The lowest BCUT2D eigenvalue weighted by molar-refractivity contribution is -0.184. The third-order valence-electron chi connectivity index (χ3n) is 9.68. The second kappa shape index (κ2) is 6.66. The van der Waals surface area contributed by atoms with Gasteiger partial charge in [0.2, 0.25) is 0 Å². The standard InChI is InChI=1S/C24H34O5/c1-23-8-7-15(25)9-14(23)4-5-16-21-18(26)10-17(13-3-6-20(28)29-12-13)24(21,2)11-19(27)22(16)23/h3,6,12,14-19,21-22,25-27H,4-5,7-11H2,1-2H3/t14-,15-,16-,17+,18+,19+,21+,22+,23-,24+/m0/s1. The van der Waals surface area contributed by atoms with E-state index in [2.05, 4.69) is 13.8 Å². The lowest BCUT2D eigenvalue weighted by atomic mass is 9.43. The van der Waals surface area contributed by atoms with Gasteiger partial charge in [0.1, 0.15) is 0 Å². The van der Waals surface area contributed by atoms with Crippen molar-refractivity contribution >= 4 is 0 Å². The molecule has 29 heavy (non-hydrogen) atoms. The summed E-state index contributed by atoms with van der Waals surface area (Å²) in [5.74, 6) is 1.19. The Morgan fingerprint density at radius 1 is 0.966 bits per heavy atom. The number of hydrogen-bond acceptors (Lipinski definition) is 5. The average molecular weight is 403 g/mol. The van der Waals surface area contributed by atoms with Gasteiger partial charge >= 0.3 is 5.63 Å². The Kier molecular flexibility index (Phi) is 4.54. The molecular weight excluding hydrogens is 368 g/mol. The van der Waals surface area contributed by atoms with Crippen LogP contribution in [0, 0.1) is 34.5 Å². The second-order valence-corrected chi connectivity index (χ2v) is 10.9. The maximum absolute atomic E-state index is 11.5. The van der Waals surface area contributed by atoms with Crippen molar-refractivity contribution in [2.24, 2.45) is 34.5 Å². The Labute approximate surface area is 172 Å². The van der Waals surface area contributed by atoms with Gasteiger partial charge in [-0.05, 0) is 97.0 Å². The molecule has 4 saturated carbocycles. The first-order valence-corrected chi connectivity index (χ1v) is 11.4. The minimum absolute atomic E-state index is 0.0419. The van der Waals surface area contributed by atoms with Crippen LogP contribution in [0.15, 0.2) is 27.6 Å². The van der Waals surface area contributed by atoms with E-state index >= 15 is 0 Å². The van der Waals surface area contributed by atoms with Crippen molar-refractivity contribution in [2.45, 2.75) is 83.0 Å². The van der Waals surface area contributed by atoms with Gasteiger partial charge in [0, 0.05) is 6.07 Å². The maximum Gasteiger partial charge on any atom is 0.335 e. The molecule has 4 aliphatic rings. The van der Waals surface area contributed by atoms with Crippen molar-refractivity contribution in [3.63, 3.8) is 0 Å². The molecule has 0 aromatic carbocycles. The summed E-state index contributed by atoms with van der Waals surface area (Å²) in [7, 11) is 0. The van der Waals surface area contributed by atoms with Gasteiger partial charge in [-0.2, -0.15) is 0 Å². The van der Waals surface area contributed by atoms with Crippen molar-refractivity contribution < 1.29 is 19.7 Å². The van der Waals surface area contributed by atoms with E-state index in [9.17, 15) is 20.1 Å². The van der Waals surface area contributed by atoms with Crippen LogP contribution in [0.1, 0.15) is 70.3 Å². The van der Waals surface area contributed by atoms with E-state index < -0.39 is 12.2 Å². The molecule has 1 aromatic rings. The molecule has 5 rings (SSSR count). The molecule has 1 heterocycles. The van der Waals surface area contributed by atoms with E-state index in [-0.39, 0.29) is 40.3 Å². The van der Waals surface area contributed by atoms with Crippen LogP contribution in [0.4, 0.5) is 0 Å². The van der Waals surface area contributed by atoms with Gasteiger partial charge in [0.15, 0.2) is 0 Å². The molecule has 4 aliphatic carbocycles. The predicted octanol–water partition coefficient (Wildman–Crippen LogP) is 3.07. The molecule has 5 heteroatoms. The van der Waals surface area contributed by atoms with Crippen LogP contribution in [-0.2, 0) is 0 Å². The fourth-order valence-electron chi connectivity index (χ4n) is 8.52. The Morgan fingerprint density at radius 3 is 2.45 bits per heavy atom. The molecule has 0 amide bonds. The Bertz CT molecular complexity index is 814. The molecule has 10 atom stereocenters. The quantitative estimate of drug-likeness (QED) is 0.672. The van der Waals surface area contributed by atoms with Crippen LogP contribution in [-0.4, -0.2) is 33.6 Å². The largest absolute Gasteiger partial charge is 0.431 e. The van der Waals surface area contributed by atoms with E-state index in [1.54, 1.807) is 6.26 Å². The summed E-state index contributed by atoms with van der Waals surface area (Å²) >= 11 is 0. The summed E-state index contributed by atoms with van der Waals surface area (Å²) in [6.45, 7) is 4.55. The Morgan fingerprint density at radius 2 is 1.72 bits per heavy atom. The molecule has 1 aromatic heterocycles. The fourth-order valence-corrected chi connectivity index (χ4v) is 8.52. The molecule has 0 saturated heterocycles. The molecule has 160 valence electrons. The molecule has 3 N–H and O–H groups in total. The smallest absolute Gasteiger partial charge is 0.335 e. The summed E-state index contributed by atoms with van der Waals surface area (Å²) in [6.07, 6.45) is 6.60. The van der Waals surface area contributed by atoms with Crippen LogP contribution >= 0.6 is 0 Å². The maximum atomic E-state index is 11.5. The first-order valence-electron chi connectivity index (χ1n) is 11.4. The average Bonchev–Trinajstić information content (AvgIpc) is 2.93. The third kappa shape index (κ3) is 2.80. The molecule has 0 radical (unpaired) electrons. The molecule has 0 spiro atoms. The van der Waals surface area contributed by atoms with Crippen LogP contribution in [0.2, 0.25) is 0 Å². The van der Waals surface area contributed by atoms with Crippen molar-refractivity contribution in [1.82, 2.24) is 0 Å². The van der Waals surface area contributed by atoms with E-state index in [1.165, 1.54) is 6.07 Å². The van der Waals surface area contributed by atoms with Crippen molar-refractivity contribution in [3.8, 4) is 0 Å².